The molecule has 0 aliphatic carbocycles. The highest BCUT2D eigenvalue weighted by atomic mass is 19.3. The number of hydrogen-bond acceptors (Lipinski definition) is 8. The minimum absolute atomic E-state index is 0.0281. The molecule has 1 amide bonds. The van der Waals surface area contributed by atoms with E-state index >= 15 is 8.78 Å². The standard InChI is InChI=1S/C26H21F4N3O6/c1-36-20-11-17-14(10-21(20)37-7-6-34)18(2-4-32-17)39-25-15(27)8-13(9-16(25)28)24-23(26(31)35)19(3-5-33-24)38-12-22(29)30/h2-5,8-11,22,34H,6-7,12H2,1H3,(H2,31,35). The summed E-state index contributed by atoms with van der Waals surface area (Å²) in [5.74, 6) is -3.90. The molecule has 2 aromatic carbocycles. The fraction of sp³-hybridized carbons (Fsp3) is 0.192. The molecule has 0 spiro atoms. The fourth-order valence-corrected chi connectivity index (χ4v) is 3.72. The highest BCUT2D eigenvalue weighted by Gasteiger charge is 2.23. The Hall–Kier alpha value is -4.65. The normalized spacial score (nSPS) is 11.1. The molecule has 39 heavy (non-hydrogen) atoms. The van der Waals surface area contributed by atoms with E-state index in [9.17, 15) is 13.6 Å². The van der Waals surface area contributed by atoms with Gasteiger partial charge < -0.3 is 29.8 Å². The number of benzene rings is 2. The van der Waals surface area contributed by atoms with Crippen molar-refractivity contribution in [3.05, 3.63) is 66.0 Å². The maximum atomic E-state index is 15.2. The number of alkyl halides is 2. The molecule has 0 fully saturated rings. The van der Waals surface area contributed by atoms with Gasteiger partial charge in [-0.25, -0.2) is 17.6 Å². The molecule has 0 atom stereocenters. The van der Waals surface area contributed by atoms with Crippen molar-refractivity contribution in [3.8, 4) is 40.0 Å². The first kappa shape index (κ1) is 27.4. The minimum Gasteiger partial charge on any atom is -0.493 e. The van der Waals surface area contributed by atoms with Crippen molar-refractivity contribution in [3.63, 3.8) is 0 Å². The number of aromatic nitrogens is 2. The van der Waals surface area contributed by atoms with E-state index in [4.69, 9.17) is 29.8 Å². The van der Waals surface area contributed by atoms with Crippen molar-refractivity contribution in [2.75, 3.05) is 26.9 Å². The van der Waals surface area contributed by atoms with Crippen molar-refractivity contribution >= 4 is 16.8 Å². The number of fused-ring (bicyclic) bond motifs is 1. The van der Waals surface area contributed by atoms with Crippen molar-refractivity contribution in [2.45, 2.75) is 6.43 Å². The molecule has 0 bridgehead atoms. The molecule has 2 heterocycles. The summed E-state index contributed by atoms with van der Waals surface area (Å²) >= 11 is 0. The third kappa shape index (κ3) is 5.93. The van der Waals surface area contributed by atoms with Crippen LogP contribution in [0.15, 0.2) is 48.8 Å². The highest BCUT2D eigenvalue weighted by molar-refractivity contribution is 6.01. The van der Waals surface area contributed by atoms with Crippen molar-refractivity contribution in [1.82, 2.24) is 9.97 Å². The van der Waals surface area contributed by atoms with Crippen molar-refractivity contribution in [1.29, 1.82) is 0 Å². The number of ether oxygens (including phenoxy) is 4. The molecule has 4 aromatic rings. The molecule has 0 saturated heterocycles. The Kier molecular flexibility index (Phi) is 8.30. The third-order valence-electron chi connectivity index (χ3n) is 5.34. The Bertz CT molecular complexity index is 1500. The lowest BCUT2D eigenvalue weighted by Crippen LogP contribution is -2.17. The molecular weight excluding hydrogens is 526 g/mol. The van der Waals surface area contributed by atoms with E-state index in [1.54, 1.807) is 0 Å². The topological polar surface area (TPSA) is 126 Å². The van der Waals surface area contributed by atoms with Gasteiger partial charge in [0.2, 0.25) is 0 Å². The van der Waals surface area contributed by atoms with Crippen LogP contribution in [0.2, 0.25) is 0 Å². The third-order valence-corrected chi connectivity index (χ3v) is 5.34. The average Bonchev–Trinajstić information content (AvgIpc) is 2.91. The summed E-state index contributed by atoms with van der Waals surface area (Å²) in [6, 6.07) is 7.25. The van der Waals surface area contributed by atoms with Gasteiger partial charge in [0.05, 0.1) is 24.9 Å². The van der Waals surface area contributed by atoms with Gasteiger partial charge in [0.1, 0.15) is 30.3 Å². The van der Waals surface area contributed by atoms with Crippen LogP contribution in [-0.4, -0.2) is 54.3 Å². The minimum atomic E-state index is -2.84. The van der Waals surface area contributed by atoms with E-state index in [0.717, 1.165) is 24.4 Å². The van der Waals surface area contributed by atoms with Crippen LogP contribution in [0.3, 0.4) is 0 Å². The molecule has 0 aliphatic rings. The molecular formula is C26H21F4N3O6. The zero-order valence-corrected chi connectivity index (χ0v) is 20.3. The van der Waals surface area contributed by atoms with Gasteiger partial charge in [-0.1, -0.05) is 0 Å². The lowest BCUT2D eigenvalue weighted by atomic mass is 10.0. The number of pyridine rings is 2. The van der Waals surface area contributed by atoms with Crippen LogP contribution in [0.5, 0.6) is 28.7 Å². The van der Waals surface area contributed by atoms with Gasteiger partial charge in [-0.2, -0.15) is 0 Å². The largest absolute Gasteiger partial charge is 0.493 e. The Morgan fingerprint density at radius 1 is 0.974 bits per heavy atom. The van der Waals surface area contributed by atoms with E-state index in [1.807, 2.05) is 0 Å². The molecule has 0 unspecified atom stereocenters. The van der Waals surface area contributed by atoms with Gasteiger partial charge in [-0.15, -0.1) is 0 Å². The number of aliphatic hydroxyl groups is 1. The lowest BCUT2D eigenvalue weighted by molar-refractivity contribution is 0.0801. The predicted octanol–water partition coefficient (Wildman–Crippen LogP) is 4.49. The number of rotatable bonds is 11. The van der Waals surface area contributed by atoms with E-state index < -0.39 is 41.9 Å². The van der Waals surface area contributed by atoms with Crippen molar-refractivity contribution in [2.24, 2.45) is 5.73 Å². The quantitative estimate of drug-likeness (QED) is 0.263. The van der Waals surface area contributed by atoms with Gasteiger partial charge in [0.15, 0.2) is 28.9 Å². The number of aliphatic hydroxyl groups excluding tert-OH is 1. The average molecular weight is 547 g/mol. The Labute approximate surface area is 218 Å². The van der Waals surface area contributed by atoms with Crippen LogP contribution in [0.25, 0.3) is 22.2 Å². The molecule has 0 aliphatic heterocycles. The SMILES string of the molecule is COc1cc2nccc(Oc3c(F)cc(-c4nccc(OCC(F)F)c4C(N)=O)cc3F)c2cc1OCCO. The lowest BCUT2D eigenvalue weighted by Gasteiger charge is -2.15. The summed E-state index contributed by atoms with van der Waals surface area (Å²) < 4.78 is 76.9. The molecule has 2 aromatic heterocycles. The molecule has 3 N–H and O–H groups in total. The molecule has 0 saturated carbocycles. The Morgan fingerprint density at radius 3 is 2.31 bits per heavy atom. The fourth-order valence-electron chi connectivity index (χ4n) is 3.72. The van der Waals surface area contributed by atoms with Crippen LogP contribution in [-0.2, 0) is 0 Å². The number of amides is 1. The van der Waals surface area contributed by atoms with Gasteiger partial charge in [0.25, 0.3) is 12.3 Å². The number of carbonyl (C=O) groups is 1. The number of methoxy groups -OCH3 is 1. The van der Waals surface area contributed by atoms with Crippen LogP contribution in [0.1, 0.15) is 10.4 Å². The summed E-state index contributed by atoms with van der Waals surface area (Å²) in [5, 5.41) is 9.41. The Balaban J connectivity index is 1.74. The van der Waals surface area contributed by atoms with Crippen LogP contribution in [0.4, 0.5) is 17.6 Å². The van der Waals surface area contributed by atoms with Crippen LogP contribution in [0, 0.1) is 11.6 Å². The van der Waals surface area contributed by atoms with E-state index in [0.29, 0.717) is 16.7 Å². The van der Waals surface area contributed by atoms with Gasteiger partial charge >= 0.3 is 0 Å². The maximum Gasteiger partial charge on any atom is 0.272 e. The summed E-state index contributed by atoms with van der Waals surface area (Å²) in [6.45, 7) is -1.32. The molecule has 9 nitrogen and oxygen atoms in total. The monoisotopic (exact) mass is 547 g/mol. The number of nitrogens with zero attached hydrogens (tertiary/aromatic N) is 2. The van der Waals surface area contributed by atoms with Crippen LogP contribution >= 0.6 is 0 Å². The molecule has 4 rings (SSSR count). The van der Waals surface area contributed by atoms with E-state index in [-0.39, 0.29) is 41.7 Å². The number of hydrogen-bond donors (Lipinski definition) is 2. The zero-order chi connectivity index (χ0) is 28.1. The second-order valence-corrected chi connectivity index (χ2v) is 7.87. The van der Waals surface area contributed by atoms with E-state index in [2.05, 4.69) is 9.97 Å². The summed E-state index contributed by atoms with van der Waals surface area (Å²) in [7, 11) is 1.42. The number of nitrogens with two attached hydrogens (primary N) is 1. The molecule has 204 valence electrons. The molecule has 13 heteroatoms. The predicted molar refractivity (Wildman–Crippen MR) is 131 cm³/mol. The van der Waals surface area contributed by atoms with Gasteiger partial charge in [0, 0.05) is 29.4 Å². The van der Waals surface area contributed by atoms with Gasteiger partial charge in [-0.05, 0) is 30.3 Å². The first-order valence-corrected chi connectivity index (χ1v) is 11.3. The highest BCUT2D eigenvalue weighted by Crippen LogP contribution is 2.39. The summed E-state index contributed by atoms with van der Waals surface area (Å²) in [6.07, 6.45) is -0.350. The van der Waals surface area contributed by atoms with Crippen LogP contribution < -0.4 is 24.7 Å². The zero-order valence-electron chi connectivity index (χ0n) is 20.3. The van der Waals surface area contributed by atoms with Crippen molar-refractivity contribution < 1.29 is 46.4 Å². The first-order valence-electron chi connectivity index (χ1n) is 11.3. The molecule has 0 radical (unpaired) electrons. The van der Waals surface area contributed by atoms with E-state index in [1.165, 1.54) is 31.5 Å². The Morgan fingerprint density at radius 2 is 1.67 bits per heavy atom. The maximum absolute atomic E-state index is 15.2. The summed E-state index contributed by atoms with van der Waals surface area (Å²) in [5.41, 5.74) is 4.85. The first-order chi connectivity index (χ1) is 18.7. The number of carbonyl (C=O) groups excluding carboxylic acids is 1. The van der Waals surface area contributed by atoms with Gasteiger partial charge in [-0.3, -0.25) is 14.8 Å². The second-order valence-electron chi connectivity index (χ2n) is 7.87. The smallest absolute Gasteiger partial charge is 0.272 e. The number of halogens is 4. The second kappa shape index (κ2) is 11.8. The summed E-state index contributed by atoms with van der Waals surface area (Å²) in [4.78, 5) is 20.2. The number of primary amides is 1.